The summed E-state index contributed by atoms with van der Waals surface area (Å²) in [6.07, 6.45) is 11.5. The van der Waals surface area contributed by atoms with E-state index in [0.29, 0.717) is 24.2 Å². The molecule has 5 rings (SSSR count). The Balaban J connectivity index is 1.08. The van der Waals surface area contributed by atoms with Gasteiger partial charge in [0.2, 0.25) is 5.88 Å². The Kier molecular flexibility index (Phi) is 6.10. The third-order valence-corrected chi connectivity index (χ3v) is 6.96. The van der Waals surface area contributed by atoms with E-state index in [1.54, 1.807) is 11.1 Å². The maximum absolute atomic E-state index is 12.4. The molecular weight excluding hydrogens is 406 g/mol. The molecule has 8 heteroatoms. The Morgan fingerprint density at radius 2 is 1.91 bits per heavy atom. The standard InChI is InChI=1S/C24H31N5O3/c30-23-29(21-8-4-5-15-25-21)17-24(32-23)13-11-18(12-14-24)16-26-20-9-10-22(28-27-20)31-19-6-2-1-3-7-19/h4-5,8-10,15,18-19H,1-3,6-7,11-14,16-17H2,(H,26,27)/t18-,24-. The smallest absolute Gasteiger partial charge is 0.416 e. The minimum absolute atomic E-state index is 0.282. The Labute approximate surface area is 188 Å². The van der Waals surface area contributed by atoms with Crippen LogP contribution in [-0.4, -0.2) is 46.1 Å². The number of carbonyl (C=O) groups is 1. The number of pyridine rings is 1. The summed E-state index contributed by atoms with van der Waals surface area (Å²) >= 11 is 0. The van der Waals surface area contributed by atoms with E-state index in [-0.39, 0.29) is 17.8 Å². The van der Waals surface area contributed by atoms with Crippen LogP contribution in [0.5, 0.6) is 5.88 Å². The first-order valence-electron chi connectivity index (χ1n) is 11.8. The summed E-state index contributed by atoms with van der Waals surface area (Å²) in [6, 6.07) is 9.44. The quantitative estimate of drug-likeness (QED) is 0.707. The lowest BCUT2D eigenvalue weighted by Gasteiger charge is -2.35. The zero-order chi connectivity index (χ0) is 21.8. The van der Waals surface area contributed by atoms with Gasteiger partial charge in [-0.25, -0.2) is 9.78 Å². The molecule has 2 aromatic rings. The van der Waals surface area contributed by atoms with E-state index in [0.717, 1.165) is 50.9 Å². The Bertz CT molecular complexity index is 894. The maximum atomic E-state index is 12.4. The molecule has 3 fully saturated rings. The number of carbonyl (C=O) groups excluding carboxylic acids is 1. The number of anilines is 2. The van der Waals surface area contributed by atoms with Gasteiger partial charge >= 0.3 is 6.09 Å². The van der Waals surface area contributed by atoms with Crippen molar-refractivity contribution in [2.75, 3.05) is 23.3 Å². The molecule has 3 heterocycles. The van der Waals surface area contributed by atoms with E-state index in [9.17, 15) is 4.79 Å². The maximum Gasteiger partial charge on any atom is 0.416 e. The molecule has 2 aliphatic carbocycles. The second kappa shape index (κ2) is 9.30. The van der Waals surface area contributed by atoms with Crippen LogP contribution in [0.4, 0.5) is 16.4 Å². The summed E-state index contributed by atoms with van der Waals surface area (Å²) < 4.78 is 11.8. The zero-order valence-corrected chi connectivity index (χ0v) is 18.4. The minimum Gasteiger partial charge on any atom is -0.473 e. The Morgan fingerprint density at radius 1 is 1.06 bits per heavy atom. The number of hydrogen-bond acceptors (Lipinski definition) is 7. The molecule has 0 bridgehead atoms. The zero-order valence-electron chi connectivity index (χ0n) is 18.4. The van der Waals surface area contributed by atoms with Crippen LogP contribution in [-0.2, 0) is 4.74 Å². The summed E-state index contributed by atoms with van der Waals surface area (Å²) in [5, 5.41) is 11.9. The van der Waals surface area contributed by atoms with Crippen molar-refractivity contribution in [2.24, 2.45) is 5.92 Å². The van der Waals surface area contributed by atoms with Crippen molar-refractivity contribution in [3.05, 3.63) is 36.5 Å². The molecule has 1 N–H and O–H groups in total. The van der Waals surface area contributed by atoms with E-state index in [1.807, 2.05) is 30.3 Å². The van der Waals surface area contributed by atoms with Crippen LogP contribution in [0.1, 0.15) is 57.8 Å². The lowest BCUT2D eigenvalue weighted by Crippen LogP contribution is -2.39. The van der Waals surface area contributed by atoms with Crippen LogP contribution in [0.2, 0.25) is 0 Å². The molecule has 170 valence electrons. The van der Waals surface area contributed by atoms with Gasteiger partial charge in [0.05, 0.1) is 6.54 Å². The number of nitrogens with one attached hydrogen (secondary N) is 1. The Hall–Kier alpha value is -2.90. The minimum atomic E-state index is -0.386. The van der Waals surface area contributed by atoms with Crippen LogP contribution in [0.3, 0.4) is 0 Å². The number of amides is 1. The molecule has 3 aliphatic rings. The van der Waals surface area contributed by atoms with Crippen molar-refractivity contribution in [2.45, 2.75) is 69.5 Å². The van der Waals surface area contributed by atoms with Crippen molar-refractivity contribution >= 4 is 17.7 Å². The fourth-order valence-electron chi connectivity index (χ4n) is 5.06. The van der Waals surface area contributed by atoms with Crippen LogP contribution in [0, 0.1) is 5.92 Å². The van der Waals surface area contributed by atoms with Crippen molar-refractivity contribution in [3.8, 4) is 5.88 Å². The number of ether oxygens (including phenoxy) is 2. The molecule has 1 aliphatic heterocycles. The van der Waals surface area contributed by atoms with Crippen LogP contribution < -0.4 is 15.0 Å². The van der Waals surface area contributed by atoms with Crippen LogP contribution in [0.25, 0.3) is 0 Å². The number of aromatic nitrogens is 3. The third-order valence-electron chi connectivity index (χ3n) is 6.96. The summed E-state index contributed by atoms with van der Waals surface area (Å²) in [5.41, 5.74) is -0.386. The summed E-state index contributed by atoms with van der Waals surface area (Å²) in [6.45, 7) is 1.42. The number of rotatable bonds is 6. The summed E-state index contributed by atoms with van der Waals surface area (Å²) in [4.78, 5) is 18.4. The fraction of sp³-hybridized carbons (Fsp3) is 0.583. The van der Waals surface area contributed by atoms with Crippen molar-refractivity contribution in [1.29, 1.82) is 0 Å². The van der Waals surface area contributed by atoms with E-state index < -0.39 is 0 Å². The SMILES string of the molecule is O=C1O[C@]2(CC[C@H](CNc3ccc(OC4CCCCC4)nn3)CC2)CN1c1ccccn1. The third kappa shape index (κ3) is 4.79. The van der Waals surface area contributed by atoms with E-state index in [4.69, 9.17) is 9.47 Å². The first-order valence-corrected chi connectivity index (χ1v) is 11.8. The molecule has 32 heavy (non-hydrogen) atoms. The molecule has 0 aromatic carbocycles. The van der Waals surface area contributed by atoms with E-state index in [1.165, 1.54) is 19.3 Å². The molecule has 1 saturated heterocycles. The van der Waals surface area contributed by atoms with Gasteiger partial charge in [-0.2, -0.15) is 0 Å². The molecule has 1 amide bonds. The summed E-state index contributed by atoms with van der Waals surface area (Å²) in [5.74, 6) is 2.56. The Morgan fingerprint density at radius 3 is 2.62 bits per heavy atom. The lowest BCUT2D eigenvalue weighted by atomic mass is 9.78. The van der Waals surface area contributed by atoms with E-state index in [2.05, 4.69) is 20.5 Å². The van der Waals surface area contributed by atoms with Gasteiger partial charge in [-0.05, 0) is 75.5 Å². The predicted octanol–water partition coefficient (Wildman–Crippen LogP) is 4.58. The van der Waals surface area contributed by atoms with Gasteiger partial charge < -0.3 is 14.8 Å². The molecule has 0 atom stereocenters. The van der Waals surface area contributed by atoms with E-state index >= 15 is 0 Å². The predicted molar refractivity (Wildman–Crippen MR) is 121 cm³/mol. The topological polar surface area (TPSA) is 89.5 Å². The lowest BCUT2D eigenvalue weighted by molar-refractivity contribution is 0.0148. The second-order valence-corrected chi connectivity index (χ2v) is 9.28. The molecular formula is C24H31N5O3. The average molecular weight is 438 g/mol. The van der Waals surface area contributed by atoms with Crippen molar-refractivity contribution in [1.82, 2.24) is 15.2 Å². The average Bonchev–Trinajstić information content (AvgIpc) is 3.16. The van der Waals surface area contributed by atoms with Gasteiger partial charge in [0, 0.05) is 18.8 Å². The molecule has 0 radical (unpaired) electrons. The summed E-state index contributed by atoms with van der Waals surface area (Å²) in [7, 11) is 0. The number of hydrogen-bond donors (Lipinski definition) is 1. The number of nitrogens with zero attached hydrogens (tertiary/aromatic N) is 4. The van der Waals surface area contributed by atoms with Gasteiger partial charge in [0.1, 0.15) is 23.3 Å². The van der Waals surface area contributed by atoms with Gasteiger partial charge in [-0.3, -0.25) is 4.90 Å². The first kappa shape index (κ1) is 21.0. The molecule has 2 saturated carbocycles. The second-order valence-electron chi connectivity index (χ2n) is 9.28. The van der Waals surface area contributed by atoms with Gasteiger partial charge in [-0.1, -0.05) is 12.5 Å². The van der Waals surface area contributed by atoms with Gasteiger partial charge in [0.25, 0.3) is 0 Å². The molecule has 8 nitrogen and oxygen atoms in total. The van der Waals surface area contributed by atoms with Crippen LogP contribution >= 0.6 is 0 Å². The molecule has 2 aromatic heterocycles. The highest BCUT2D eigenvalue weighted by Gasteiger charge is 2.47. The van der Waals surface area contributed by atoms with Crippen molar-refractivity contribution in [3.63, 3.8) is 0 Å². The first-order chi connectivity index (χ1) is 15.7. The largest absolute Gasteiger partial charge is 0.473 e. The van der Waals surface area contributed by atoms with Gasteiger partial charge in [0.15, 0.2) is 0 Å². The van der Waals surface area contributed by atoms with Crippen molar-refractivity contribution < 1.29 is 14.3 Å². The highest BCUT2D eigenvalue weighted by molar-refractivity contribution is 5.89. The highest BCUT2D eigenvalue weighted by Crippen LogP contribution is 2.40. The van der Waals surface area contributed by atoms with Crippen LogP contribution in [0.15, 0.2) is 36.5 Å². The van der Waals surface area contributed by atoms with Gasteiger partial charge in [-0.15, -0.1) is 10.2 Å². The monoisotopic (exact) mass is 437 g/mol. The molecule has 0 unspecified atom stereocenters. The highest BCUT2D eigenvalue weighted by atomic mass is 16.6. The normalized spacial score (nSPS) is 26.2. The fourth-order valence-corrected chi connectivity index (χ4v) is 5.06. The molecule has 1 spiro atoms.